The first-order chi connectivity index (χ1) is 16.7. The first-order valence-corrected chi connectivity index (χ1v) is 13.3. The first-order valence-electron chi connectivity index (χ1n) is 10.4. The molecule has 180 valence electrons. The summed E-state index contributed by atoms with van der Waals surface area (Å²) in [4.78, 5) is 38.3. The second kappa shape index (κ2) is 9.88. The lowest BCUT2D eigenvalue weighted by molar-refractivity contribution is -0.387. The molecular formula is C24H20N2O7S2. The molecule has 35 heavy (non-hydrogen) atoms. The van der Waals surface area contributed by atoms with Crippen molar-refractivity contribution < 1.29 is 27.7 Å². The number of benzene rings is 3. The Morgan fingerprint density at radius 2 is 1.77 bits per heavy atom. The number of carbonyl (C=O) groups excluding carboxylic acids is 2. The molecule has 0 saturated carbocycles. The highest BCUT2D eigenvalue weighted by Crippen LogP contribution is 2.43. The fourth-order valence-corrected chi connectivity index (χ4v) is 5.80. The molecular weight excluding hydrogens is 492 g/mol. The van der Waals surface area contributed by atoms with Crippen LogP contribution in [0.2, 0.25) is 0 Å². The highest BCUT2D eigenvalue weighted by molar-refractivity contribution is 7.99. The number of fused-ring (bicyclic) bond motifs is 1. The molecule has 1 atom stereocenters. The van der Waals surface area contributed by atoms with Crippen molar-refractivity contribution >= 4 is 44.9 Å². The third-order valence-electron chi connectivity index (χ3n) is 5.40. The Bertz CT molecular complexity index is 1410. The summed E-state index contributed by atoms with van der Waals surface area (Å²) in [5.74, 6) is -0.820. The average Bonchev–Trinajstić information content (AvgIpc) is 2.86. The summed E-state index contributed by atoms with van der Waals surface area (Å²) < 4.78 is 28.8. The van der Waals surface area contributed by atoms with Crippen LogP contribution in [-0.4, -0.2) is 43.8 Å². The Morgan fingerprint density at radius 3 is 2.46 bits per heavy atom. The lowest BCUT2D eigenvalue weighted by Crippen LogP contribution is -2.41. The van der Waals surface area contributed by atoms with Crippen LogP contribution in [0.3, 0.4) is 0 Å². The van der Waals surface area contributed by atoms with Gasteiger partial charge in [-0.05, 0) is 29.8 Å². The average molecular weight is 513 g/mol. The van der Waals surface area contributed by atoms with Gasteiger partial charge in [0.05, 0.1) is 22.2 Å². The van der Waals surface area contributed by atoms with E-state index < -0.39 is 43.8 Å². The summed E-state index contributed by atoms with van der Waals surface area (Å²) in [5.41, 5.74) is 0.665. The van der Waals surface area contributed by atoms with Crippen molar-refractivity contribution in [2.24, 2.45) is 0 Å². The van der Waals surface area contributed by atoms with Crippen molar-refractivity contribution in [3.63, 3.8) is 0 Å². The zero-order valence-electron chi connectivity index (χ0n) is 18.5. The lowest BCUT2D eigenvalue weighted by Gasteiger charge is -2.37. The number of esters is 1. The maximum Gasteiger partial charge on any atom is 0.338 e. The van der Waals surface area contributed by atoms with Crippen LogP contribution in [0.5, 0.6) is 0 Å². The van der Waals surface area contributed by atoms with Gasteiger partial charge < -0.3 is 4.74 Å². The van der Waals surface area contributed by atoms with Crippen molar-refractivity contribution in [2.45, 2.75) is 15.8 Å². The minimum Gasteiger partial charge on any atom is -0.452 e. The number of rotatable bonds is 6. The zero-order chi connectivity index (χ0) is 25.2. The standard InChI is InChI=1S/C24H20N2O7S2/c1-35(31,32)22-12-11-17(13-19(22)26(29)30)24(28)33-14-23(27)25-18-9-5-6-10-21(18)34-15-20(25)16-7-3-2-4-8-16/h2-13,20H,14-15H2,1H3/t20-/m0/s1. The monoisotopic (exact) mass is 512 g/mol. The van der Waals surface area contributed by atoms with Gasteiger partial charge in [0, 0.05) is 23.0 Å². The topological polar surface area (TPSA) is 124 Å². The Hall–Kier alpha value is -3.70. The van der Waals surface area contributed by atoms with E-state index in [4.69, 9.17) is 4.74 Å². The fraction of sp³-hybridized carbons (Fsp3) is 0.167. The number of anilines is 1. The van der Waals surface area contributed by atoms with Gasteiger partial charge in [0.25, 0.3) is 11.6 Å². The van der Waals surface area contributed by atoms with Crippen molar-refractivity contribution in [1.29, 1.82) is 0 Å². The molecule has 0 unspecified atom stereocenters. The van der Waals surface area contributed by atoms with Crippen molar-refractivity contribution in [2.75, 3.05) is 23.5 Å². The van der Waals surface area contributed by atoms with Crippen molar-refractivity contribution in [1.82, 2.24) is 0 Å². The van der Waals surface area contributed by atoms with Gasteiger partial charge in [0.2, 0.25) is 0 Å². The van der Waals surface area contributed by atoms with Gasteiger partial charge in [-0.3, -0.25) is 19.8 Å². The summed E-state index contributed by atoms with van der Waals surface area (Å²) in [6, 6.07) is 19.6. The van der Waals surface area contributed by atoms with E-state index in [1.165, 1.54) is 0 Å². The van der Waals surface area contributed by atoms with E-state index in [-0.39, 0.29) is 11.6 Å². The predicted molar refractivity (Wildman–Crippen MR) is 130 cm³/mol. The number of carbonyl (C=O) groups is 2. The fourth-order valence-electron chi connectivity index (χ4n) is 3.80. The Kier molecular flexibility index (Phi) is 6.90. The molecule has 1 aliphatic rings. The SMILES string of the molecule is CS(=O)(=O)c1ccc(C(=O)OCC(=O)N2c3ccccc3SC[C@H]2c2ccccc2)cc1[N+](=O)[O-]. The van der Waals surface area contributed by atoms with E-state index in [9.17, 15) is 28.1 Å². The maximum atomic E-state index is 13.3. The maximum absolute atomic E-state index is 13.3. The van der Waals surface area contributed by atoms with Gasteiger partial charge in [0.1, 0.15) is 4.90 Å². The Labute approximate surface area is 205 Å². The number of hydrogen-bond donors (Lipinski definition) is 0. The van der Waals surface area contributed by atoms with Crippen LogP contribution < -0.4 is 4.90 Å². The summed E-state index contributed by atoms with van der Waals surface area (Å²) in [6.45, 7) is -0.594. The minimum absolute atomic E-state index is 0.230. The van der Waals surface area contributed by atoms with E-state index in [1.807, 2.05) is 54.6 Å². The van der Waals surface area contributed by atoms with Crippen LogP contribution >= 0.6 is 11.8 Å². The third kappa shape index (κ3) is 5.20. The van der Waals surface area contributed by atoms with E-state index in [2.05, 4.69) is 0 Å². The summed E-state index contributed by atoms with van der Waals surface area (Å²) in [5, 5.41) is 11.3. The molecule has 0 aromatic heterocycles. The summed E-state index contributed by atoms with van der Waals surface area (Å²) >= 11 is 1.63. The summed E-state index contributed by atoms with van der Waals surface area (Å²) in [7, 11) is -3.88. The number of ether oxygens (including phenoxy) is 1. The highest BCUT2D eigenvalue weighted by Gasteiger charge is 2.33. The Balaban J connectivity index is 1.57. The van der Waals surface area contributed by atoms with E-state index in [1.54, 1.807) is 16.7 Å². The number of nitro groups is 1. The second-order valence-electron chi connectivity index (χ2n) is 7.76. The van der Waals surface area contributed by atoms with E-state index >= 15 is 0 Å². The minimum atomic E-state index is -3.88. The van der Waals surface area contributed by atoms with E-state index in [0.717, 1.165) is 34.9 Å². The van der Waals surface area contributed by atoms with Crippen molar-refractivity contribution in [3.05, 3.63) is 94.0 Å². The molecule has 0 bridgehead atoms. The van der Waals surface area contributed by atoms with Gasteiger partial charge in [-0.25, -0.2) is 13.2 Å². The van der Waals surface area contributed by atoms with Gasteiger partial charge >= 0.3 is 5.97 Å². The Morgan fingerprint density at radius 1 is 1.09 bits per heavy atom. The second-order valence-corrected chi connectivity index (χ2v) is 10.8. The molecule has 1 heterocycles. The molecule has 3 aromatic rings. The largest absolute Gasteiger partial charge is 0.452 e. The number of amides is 1. The molecule has 0 fully saturated rings. The number of para-hydroxylation sites is 1. The van der Waals surface area contributed by atoms with Crippen LogP contribution in [0.1, 0.15) is 22.0 Å². The van der Waals surface area contributed by atoms with Gasteiger partial charge in [-0.2, -0.15) is 0 Å². The lowest BCUT2D eigenvalue weighted by atomic mass is 10.1. The van der Waals surface area contributed by atoms with Gasteiger partial charge in [-0.15, -0.1) is 11.8 Å². The van der Waals surface area contributed by atoms with Crippen molar-refractivity contribution in [3.8, 4) is 0 Å². The van der Waals surface area contributed by atoms with Gasteiger partial charge in [0.15, 0.2) is 16.4 Å². The molecule has 0 aliphatic carbocycles. The van der Waals surface area contributed by atoms with Gasteiger partial charge in [-0.1, -0.05) is 42.5 Å². The number of nitro benzene ring substituents is 1. The van der Waals surface area contributed by atoms with Crippen LogP contribution in [-0.2, 0) is 19.4 Å². The molecule has 1 aliphatic heterocycles. The molecule has 0 spiro atoms. The molecule has 3 aromatic carbocycles. The number of thioether (sulfide) groups is 1. The first kappa shape index (κ1) is 24.4. The molecule has 0 radical (unpaired) electrons. The predicted octanol–water partition coefficient (Wildman–Crippen LogP) is 4.04. The van der Waals surface area contributed by atoms with Crippen LogP contribution in [0, 0.1) is 10.1 Å². The highest BCUT2D eigenvalue weighted by atomic mass is 32.2. The number of nitrogens with zero attached hydrogens (tertiary/aromatic N) is 2. The molecule has 4 rings (SSSR count). The molecule has 11 heteroatoms. The molecule has 0 saturated heterocycles. The van der Waals surface area contributed by atoms with E-state index in [0.29, 0.717) is 11.4 Å². The molecule has 9 nitrogen and oxygen atoms in total. The van der Waals surface area contributed by atoms with Crippen LogP contribution in [0.4, 0.5) is 11.4 Å². The third-order valence-corrected chi connectivity index (χ3v) is 7.69. The summed E-state index contributed by atoms with van der Waals surface area (Å²) in [6.07, 6.45) is 0.837. The van der Waals surface area contributed by atoms with Crippen LogP contribution in [0.15, 0.2) is 82.6 Å². The number of hydrogen-bond acceptors (Lipinski definition) is 8. The number of sulfone groups is 1. The van der Waals surface area contributed by atoms with Crippen LogP contribution in [0.25, 0.3) is 0 Å². The zero-order valence-corrected chi connectivity index (χ0v) is 20.1. The quantitative estimate of drug-likeness (QED) is 0.275. The smallest absolute Gasteiger partial charge is 0.338 e. The normalized spacial score (nSPS) is 15.2. The molecule has 1 amide bonds. The molecule has 0 N–H and O–H groups in total.